The van der Waals surface area contributed by atoms with Crippen molar-refractivity contribution in [2.45, 2.75) is 20.8 Å². The van der Waals surface area contributed by atoms with Gasteiger partial charge in [0.25, 0.3) is 0 Å². The van der Waals surface area contributed by atoms with Crippen molar-refractivity contribution in [3.63, 3.8) is 0 Å². The Kier molecular flexibility index (Phi) is 3.71. The smallest absolute Gasteiger partial charge is 0.231 e. The molecule has 1 N–H and O–H groups in total. The minimum absolute atomic E-state index is 0.107. The Morgan fingerprint density at radius 3 is 2.33 bits per heavy atom. The standard InChI is InChI=1S/C15H22N2O/c1-10-5-11(2)7-13(6-10)17(4)15(18)14-9-16-8-12(14)3/h5-7,12,14,16H,8-9H2,1-4H3/t12-,14-/m1/s1. The molecule has 0 saturated carbocycles. The third-order valence-corrected chi connectivity index (χ3v) is 3.76. The fourth-order valence-corrected chi connectivity index (χ4v) is 2.66. The molecule has 18 heavy (non-hydrogen) atoms. The van der Waals surface area contributed by atoms with Gasteiger partial charge in [-0.3, -0.25) is 4.79 Å². The van der Waals surface area contributed by atoms with E-state index in [0.717, 1.165) is 18.8 Å². The minimum atomic E-state index is 0.107. The number of rotatable bonds is 2. The third-order valence-electron chi connectivity index (χ3n) is 3.76. The maximum absolute atomic E-state index is 12.5. The normalized spacial score (nSPS) is 23.1. The summed E-state index contributed by atoms with van der Waals surface area (Å²) < 4.78 is 0. The number of hydrogen-bond acceptors (Lipinski definition) is 2. The van der Waals surface area contributed by atoms with E-state index in [4.69, 9.17) is 0 Å². The first-order valence-corrected chi connectivity index (χ1v) is 6.55. The molecule has 0 aromatic heterocycles. The van der Waals surface area contributed by atoms with E-state index in [1.807, 2.05) is 7.05 Å². The van der Waals surface area contributed by atoms with Crippen LogP contribution in [0, 0.1) is 25.7 Å². The topological polar surface area (TPSA) is 32.3 Å². The molecule has 0 radical (unpaired) electrons. The predicted molar refractivity (Wildman–Crippen MR) is 74.8 cm³/mol. The summed E-state index contributed by atoms with van der Waals surface area (Å²) in [5, 5.41) is 3.28. The minimum Gasteiger partial charge on any atom is -0.316 e. The van der Waals surface area contributed by atoms with E-state index in [-0.39, 0.29) is 11.8 Å². The molecule has 3 heteroatoms. The summed E-state index contributed by atoms with van der Waals surface area (Å²) >= 11 is 0. The van der Waals surface area contributed by atoms with E-state index < -0.39 is 0 Å². The highest BCUT2D eigenvalue weighted by atomic mass is 16.2. The maximum Gasteiger partial charge on any atom is 0.231 e. The molecule has 98 valence electrons. The molecule has 0 bridgehead atoms. The van der Waals surface area contributed by atoms with Crippen molar-refractivity contribution in [3.8, 4) is 0 Å². The van der Waals surface area contributed by atoms with Crippen LogP contribution in [0.3, 0.4) is 0 Å². The molecule has 1 aromatic rings. The van der Waals surface area contributed by atoms with Crippen LogP contribution in [0.5, 0.6) is 0 Å². The molecule has 1 aliphatic heterocycles. The molecule has 1 amide bonds. The van der Waals surface area contributed by atoms with Crippen LogP contribution in [0.25, 0.3) is 0 Å². The average molecular weight is 246 g/mol. The molecule has 1 aliphatic rings. The lowest BCUT2D eigenvalue weighted by Crippen LogP contribution is -2.36. The van der Waals surface area contributed by atoms with Gasteiger partial charge in [0.15, 0.2) is 0 Å². The molecule has 1 heterocycles. The van der Waals surface area contributed by atoms with E-state index >= 15 is 0 Å². The second kappa shape index (κ2) is 5.11. The van der Waals surface area contributed by atoms with Gasteiger partial charge in [0.1, 0.15) is 0 Å². The van der Waals surface area contributed by atoms with Crippen LogP contribution in [0.1, 0.15) is 18.1 Å². The van der Waals surface area contributed by atoms with Gasteiger partial charge in [-0.05, 0) is 49.6 Å². The summed E-state index contributed by atoms with van der Waals surface area (Å²) in [5.41, 5.74) is 3.39. The van der Waals surface area contributed by atoms with Crippen molar-refractivity contribution >= 4 is 11.6 Å². The van der Waals surface area contributed by atoms with Gasteiger partial charge in [-0.25, -0.2) is 0 Å². The van der Waals surface area contributed by atoms with E-state index in [1.165, 1.54) is 11.1 Å². The molecular weight excluding hydrogens is 224 g/mol. The van der Waals surface area contributed by atoms with E-state index in [0.29, 0.717) is 5.92 Å². The van der Waals surface area contributed by atoms with Crippen molar-refractivity contribution < 1.29 is 4.79 Å². The Bertz CT molecular complexity index is 436. The molecule has 0 spiro atoms. The molecule has 2 atom stereocenters. The van der Waals surface area contributed by atoms with Crippen LogP contribution in [-0.4, -0.2) is 26.0 Å². The van der Waals surface area contributed by atoms with Crippen molar-refractivity contribution in [2.75, 3.05) is 25.0 Å². The number of amides is 1. The molecule has 1 saturated heterocycles. The Morgan fingerprint density at radius 1 is 1.22 bits per heavy atom. The first kappa shape index (κ1) is 13.1. The quantitative estimate of drug-likeness (QED) is 0.867. The van der Waals surface area contributed by atoms with Crippen LogP contribution >= 0.6 is 0 Å². The summed E-state index contributed by atoms with van der Waals surface area (Å²) in [5.74, 6) is 0.749. The highest BCUT2D eigenvalue weighted by molar-refractivity contribution is 5.95. The van der Waals surface area contributed by atoms with E-state index in [9.17, 15) is 4.79 Å². The molecule has 1 fully saturated rings. The Labute approximate surface area is 109 Å². The molecule has 0 aliphatic carbocycles. The zero-order chi connectivity index (χ0) is 13.3. The summed E-state index contributed by atoms with van der Waals surface area (Å²) in [6.07, 6.45) is 0. The fourth-order valence-electron chi connectivity index (χ4n) is 2.66. The van der Waals surface area contributed by atoms with Crippen LogP contribution in [-0.2, 0) is 4.79 Å². The summed E-state index contributed by atoms with van der Waals surface area (Å²) in [6.45, 7) is 8.01. The maximum atomic E-state index is 12.5. The first-order valence-electron chi connectivity index (χ1n) is 6.55. The van der Waals surface area contributed by atoms with Gasteiger partial charge in [-0.2, -0.15) is 0 Å². The fraction of sp³-hybridized carbons (Fsp3) is 0.533. The second-order valence-electron chi connectivity index (χ2n) is 5.49. The Hall–Kier alpha value is -1.35. The van der Waals surface area contributed by atoms with Crippen molar-refractivity contribution in [1.29, 1.82) is 0 Å². The number of carbonyl (C=O) groups excluding carboxylic acids is 1. The number of nitrogens with one attached hydrogen (secondary N) is 1. The highest BCUT2D eigenvalue weighted by Gasteiger charge is 2.32. The van der Waals surface area contributed by atoms with Crippen molar-refractivity contribution in [2.24, 2.45) is 11.8 Å². The summed E-state index contributed by atoms with van der Waals surface area (Å²) in [6, 6.07) is 6.26. The van der Waals surface area contributed by atoms with Gasteiger partial charge in [0.05, 0.1) is 5.92 Å². The molecule has 0 unspecified atom stereocenters. The number of hydrogen-bond donors (Lipinski definition) is 1. The van der Waals surface area contributed by atoms with Gasteiger partial charge in [-0.15, -0.1) is 0 Å². The average Bonchev–Trinajstić information content (AvgIpc) is 2.72. The first-order chi connectivity index (χ1) is 8.49. The van der Waals surface area contributed by atoms with Crippen LogP contribution in [0.15, 0.2) is 18.2 Å². The number of anilines is 1. The van der Waals surface area contributed by atoms with Gasteiger partial charge in [0.2, 0.25) is 5.91 Å². The third kappa shape index (κ3) is 2.56. The van der Waals surface area contributed by atoms with Gasteiger partial charge < -0.3 is 10.2 Å². The molecule has 2 rings (SSSR count). The lowest BCUT2D eigenvalue weighted by molar-refractivity contribution is -0.122. The molecule has 1 aromatic carbocycles. The second-order valence-corrected chi connectivity index (χ2v) is 5.49. The lowest BCUT2D eigenvalue weighted by Gasteiger charge is -2.23. The largest absolute Gasteiger partial charge is 0.316 e. The number of benzene rings is 1. The van der Waals surface area contributed by atoms with Gasteiger partial charge in [-0.1, -0.05) is 13.0 Å². The van der Waals surface area contributed by atoms with Crippen LogP contribution in [0.2, 0.25) is 0 Å². The number of nitrogens with zero attached hydrogens (tertiary/aromatic N) is 1. The Morgan fingerprint density at radius 2 is 1.83 bits per heavy atom. The predicted octanol–water partition coefficient (Wildman–Crippen LogP) is 2.12. The monoisotopic (exact) mass is 246 g/mol. The SMILES string of the molecule is Cc1cc(C)cc(N(C)C(=O)[C@@H]2CNC[C@H]2C)c1. The summed E-state index contributed by atoms with van der Waals surface area (Å²) in [4.78, 5) is 14.3. The zero-order valence-electron chi connectivity index (χ0n) is 11.7. The van der Waals surface area contributed by atoms with Crippen LogP contribution < -0.4 is 10.2 Å². The van der Waals surface area contributed by atoms with Crippen LogP contribution in [0.4, 0.5) is 5.69 Å². The number of aryl methyl sites for hydroxylation is 2. The molecule has 3 nitrogen and oxygen atoms in total. The van der Waals surface area contributed by atoms with Gasteiger partial charge >= 0.3 is 0 Å². The Balaban J connectivity index is 2.19. The zero-order valence-corrected chi connectivity index (χ0v) is 11.7. The van der Waals surface area contributed by atoms with Gasteiger partial charge in [0, 0.05) is 19.3 Å². The van der Waals surface area contributed by atoms with Crippen molar-refractivity contribution in [1.82, 2.24) is 5.32 Å². The lowest BCUT2D eigenvalue weighted by atomic mass is 9.96. The van der Waals surface area contributed by atoms with E-state index in [2.05, 4.69) is 44.3 Å². The molecular formula is C15H22N2O. The number of carbonyl (C=O) groups is 1. The highest BCUT2D eigenvalue weighted by Crippen LogP contribution is 2.23. The van der Waals surface area contributed by atoms with Crippen molar-refractivity contribution in [3.05, 3.63) is 29.3 Å². The van der Waals surface area contributed by atoms with E-state index in [1.54, 1.807) is 4.90 Å². The summed E-state index contributed by atoms with van der Waals surface area (Å²) in [7, 11) is 1.88.